The van der Waals surface area contributed by atoms with Crippen LogP contribution in [0, 0.1) is 0 Å². The van der Waals surface area contributed by atoms with E-state index in [1.807, 2.05) is 0 Å². The summed E-state index contributed by atoms with van der Waals surface area (Å²) < 4.78 is 1.48. The molecule has 0 aliphatic rings. The van der Waals surface area contributed by atoms with Crippen molar-refractivity contribution in [2.75, 3.05) is 32.8 Å². The summed E-state index contributed by atoms with van der Waals surface area (Å²) in [6.07, 6.45) is 34.8. The maximum Gasteiger partial charge on any atom is 0.0826 e. The van der Waals surface area contributed by atoms with Crippen molar-refractivity contribution >= 4 is 5.97 Å². The maximum absolute atomic E-state index is 9.01. The molecule has 0 spiro atoms. The Morgan fingerprint density at radius 1 is 0.447 bits per heavy atom. The number of carboxylic acid groups (broad SMARTS) is 1. The van der Waals surface area contributed by atoms with Gasteiger partial charge in [-0.15, -0.1) is 0 Å². The van der Waals surface area contributed by atoms with Gasteiger partial charge in [-0.25, -0.2) is 0 Å². The molecule has 0 unspecified atom stereocenters. The number of hydrogen-bond acceptors (Lipinski definition) is 3. The summed E-state index contributed by atoms with van der Waals surface area (Å²) in [5.74, 6) is -1.44. The molecule has 4 nitrogen and oxygen atoms in total. The van der Waals surface area contributed by atoms with Crippen LogP contribution in [0.1, 0.15) is 182 Å². The minimum absolute atomic E-state index is 0.889. The smallest absolute Gasteiger partial charge is 0.0826 e. The van der Waals surface area contributed by atoms with Crippen LogP contribution < -0.4 is 5.11 Å². The van der Waals surface area contributed by atoms with E-state index in [-0.39, 0.29) is 0 Å². The zero-order valence-corrected chi connectivity index (χ0v) is 26.7. The number of hydrogen-bond donors (Lipinski definition) is 1. The molecule has 0 saturated heterocycles. The number of carboxylic acids is 1. The highest BCUT2D eigenvalue weighted by Crippen LogP contribution is 2.20. The van der Waals surface area contributed by atoms with Crippen LogP contribution in [0.25, 0.3) is 0 Å². The normalized spacial score (nSPS) is 11.4. The molecule has 0 aliphatic carbocycles. The SMILES string of the molecule is CCCCCCCC[N+](CCCCCCCC)(CCCCCCCC)CCCCCCCC.O=C([O-])CO. The lowest BCUT2D eigenvalue weighted by Crippen LogP contribution is -2.50. The number of aliphatic hydroxyl groups excluding tert-OH is 1. The van der Waals surface area contributed by atoms with Crippen LogP contribution in [0.3, 0.4) is 0 Å². The Labute approximate surface area is 240 Å². The second-order valence-corrected chi connectivity index (χ2v) is 11.8. The van der Waals surface area contributed by atoms with Gasteiger partial charge in [0.25, 0.3) is 0 Å². The summed E-state index contributed by atoms with van der Waals surface area (Å²) in [5, 5.41) is 16.5. The first kappa shape index (κ1) is 39.5. The Morgan fingerprint density at radius 2 is 0.632 bits per heavy atom. The van der Waals surface area contributed by atoms with Crippen molar-refractivity contribution in [2.45, 2.75) is 182 Å². The van der Waals surface area contributed by atoms with Crippen LogP contribution in [0.4, 0.5) is 0 Å². The van der Waals surface area contributed by atoms with Crippen LogP contribution in [-0.2, 0) is 4.79 Å². The van der Waals surface area contributed by atoms with Crippen LogP contribution in [0.15, 0.2) is 0 Å². The number of quaternary nitrogens is 1. The minimum Gasteiger partial charge on any atom is -0.548 e. The van der Waals surface area contributed by atoms with Crippen molar-refractivity contribution in [3.8, 4) is 0 Å². The second-order valence-electron chi connectivity index (χ2n) is 11.8. The van der Waals surface area contributed by atoms with Crippen molar-refractivity contribution in [3.05, 3.63) is 0 Å². The van der Waals surface area contributed by atoms with Gasteiger partial charge >= 0.3 is 0 Å². The zero-order valence-electron chi connectivity index (χ0n) is 26.7. The van der Waals surface area contributed by atoms with Crippen LogP contribution in [0.5, 0.6) is 0 Å². The van der Waals surface area contributed by atoms with E-state index in [0.717, 1.165) is 0 Å². The van der Waals surface area contributed by atoms with Crippen LogP contribution in [0.2, 0.25) is 0 Å². The Balaban J connectivity index is 0. The van der Waals surface area contributed by atoms with Gasteiger partial charge < -0.3 is 19.5 Å². The number of unbranched alkanes of at least 4 members (excludes halogenated alkanes) is 20. The molecule has 4 heteroatoms. The first-order valence-electron chi connectivity index (χ1n) is 17.2. The van der Waals surface area contributed by atoms with Gasteiger partial charge in [-0.2, -0.15) is 0 Å². The van der Waals surface area contributed by atoms with E-state index in [2.05, 4.69) is 27.7 Å². The summed E-state index contributed by atoms with van der Waals surface area (Å²) in [6, 6.07) is 0. The van der Waals surface area contributed by atoms with E-state index in [9.17, 15) is 0 Å². The Morgan fingerprint density at radius 3 is 0.816 bits per heavy atom. The molecule has 0 bridgehead atoms. The molecule has 0 heterocycles. The average Bonchev–Trinajstić information content (AvgIpc) is 2.92. The second kappa shape index (κ2) is 32.6. The highest BCUT2D eigenvalue weighted by Gasteiger charge is 2.25. The van der Waals surface area contributed by atoms with Gasteiger partial charge in [0.15, 0.2) is 0 Å². The van der Waals surface area contributed by atoms with E-state index in [4.69, 9.17) is 15.0 Å². The topological polar surface area (TPSA) is 60.4 Å². The number of aliphatic carboxylic acids is 1. The zero-order chi connectivity index (χ0) is 28.6. The predicted molar refractivity (Wildman–Crippen MR) is 165 cm³/mol. The predicted octanol–water partition coefficient (Wildman–Crippen LogP) is 8.97. The maximum atomic E-state index is 9.01. The fourth-order valence-electron chi connectivity index (χ4n) is 5.58. The van der Waals surface area contributed by atoms with E-state index >= 15 is 0 Å². The average molecular weight is 542 g/mol. The van der Waals surface area contributed by atoms with Crippen molar-refractivity contribution in [1.82, 2.24) is 0 Å². The van der Waals surface area contributed by atoms with Crippen LogP contribution in [-0.4, -0.2) is 48.3 Å². The van der Waals surface area contributed by atoms with Gasteiger partial charge in [-0.05, 0) is 51.4 Å². The molecule has 0 atom stereocenters. The standard InChI is InChI=1S/C32H68N.C2H4O3/c1-5-9-13-17-21-25-29-33(30-26-22-18-14-10-6-2,31-27-23-19-15-11-7-3)32-28-24-20-16-12-8-4;3-1-2(4)5/h5-32H2,1-4H3;3H,1H2,(H,4,5)/q+1;/p-1. The minimum atomic E-state index is -1.44. The fraction of sp³-hybridized carbons (Fsp3) is 0.971. The molecule has 38 heavy (non-hydrogen) atoms. The van der Waals surface area contributed by atoms with E-state index in [1.54, 1.807) is 0 Å². The molecular formula is C34H71NO3. The highest BCUT2D eigenvalue weighted by molar-refractivity contribution is 5.65. The lowest BCUT2D eigenvalue weighted by Gasteiger charge is -2.40. The lowest BCUT2D eigenvalue weighted by atomic mass is 10.0. The third-order valence-electron chi connectivity index (χ3n) is 8.07. The fourth-order valence-corrected chi connectivity index (χ4v) is 5.58. The van der Waals surface area contributed by atoms with Crippen molar-refractivity contribution in [3.63, 3.8) is 0 Å². The summed E-state index contributed by atoms with van der Waals surface area (Å²) in [5.41, 5.74) is 0. The van der Waals surface area contributed by atoms with Gasteiger partial charge in [0.05, 0.1) is 38.8 Å². The molecule has 230 valence electrons. The summed E-state index contributed by atoms with van der Waals surface area (Å²) in [7, 11) is 0. The summed E-state index contributed by atoms with van der Waals surface area (Å²) in [6.45, 7) is 14.4. The van der Waals surface area contributed by atoms with Gasteiger partial charge in [0.1, 0.15) is 0 Å². The van der Waals surface area contributed by atoms with Gasteiger partial charge in [-0.1, -0.05) is 130 Å². The van der Waals surface area contributed by atoms with Crippen molar-refractivity contribution in [2.24, 2.45) is 0 Å². The number of carbonyl (C=O) groups is 1. The molecule has 0 amide bonds. The molecule has 0 aromatic rings. The number of nitrogens with zero attached hydrogens (tertiary/aromatic N) is 1. The number of rotatable bonds is 29. The quantitative estimate of drug-likeness (QED) is 0.0759. The monoisotopic (exact) mass is 542 g/mol. The van der Waals surface area contributed by atoms with Gasteiger partial charge in [-0.3, -0.25) is 0 Å². The first-order valence-corrected chi connectivity index (χ1v) is 17.2. The third-order valence-corrected chi connectivity index (χ3v) is 8.07. The van der Waals surface area contributed by atoms with Crippen LogP contribution >= 0.6 is 0 Å². The molecular weight excluding hydrogens is 470 g/mol. The Kier molecular flexibility index (Phi) is 33.9. The number of aliphatic hydroxyl groups is 1. The van der Waals surface area contributed by atoms with Gasteiger partial charge in [0.2, 0.25) is 0 Å². The molecule has 0 radical (unpaired) electrons. The molecule has 1 N–H and O–H groups in total. The molecule has 0 aromatic heterocycles. The van der Waals surface area contributed by atoms with E-state index in [0.29, 0.717) is 0 Å². The molecule has 0 fully saturated rings. The van der Waals surface area contributed by atoms with E-state index < -0.39 is 12.6 Å². The summed E-state index contributed by atoms with van der Waals surface area (Å²) in [4.78, 5) is 9.01. The molecule has 0 rings (SSSR count). The van der Waals surface area contributed by atoms with Gasteiger partial charge in [0, 0.05) is 0 Å². The molecule has 0 aromatic carbocycles. The molecule has 0 saturated carbocycles. The number of carbonyl (C=O) groups excluding carboxylic acids is 1. The Hall–Kier alpha value is -0.610. The van der Waals surface area contributed by atoms with Crippen molar-refractivity contribution in [1.29, 1.82) is 0 Å². The van der Waals surface area contributed by atoms with Crippen molar-refractivity contribution < 1.29 is 19.5 Å². The summed E-state index contributed by atoms with van der Waals surface area (Å²) >= 11 is 0. The first-order chi connectivity index (χ1) is 18.5. The molecule has 0 aliphatic heterocycles. The highest BCUT2D eigenvalue weighted by atomic mass is 16.4. The lowest BCUT2D eigenvalue weighted by molar-refractivity contribution is -0.929. The largest absolute Gasteiger partial charge is 0.548 e. The van der Waals surface area contributed by atoms with E-state index in [1.165, 1.54) is 185 Å². The Bertz CT molecular complexity index is 386. The third kappa shape index (κ3) is 29.9.